The Hall–Kier alpha value is -1.56. The Balaban J connectivity index is 2.09. The van der Waals surface area contributed by atoms with Gasteiger partial charge in [0.05, 0.1) is 6.61 Å². The van der Waals surface area contributed by atoms with Crippen LogP contribution in [0.4, 0.5) is 4.79 Å². The zero-order valence-electron chi connectivity index (χ0n) is 11.4. The van der Waals surface area contributed by atoms with Crippen molar-refractivity contribution in [2.45, 2.75) is 19.8 Å². The third kappa shape index (κ3) is 3.96. The predicted molar refractivity (Wildman–Crippen MR) is 81.6 cm³/mol. The average Bonchev–Trinajstić information content (AvgIpc) is 2.45. The van der Waals surface area contributed by atoms with Crippen LogP contribution in [0.2, 0.25) is 0 Å². The van der Waals surface area contributed by atoms with Crippen LogP contribution < -0.4 is 5.43 Å². The number of nitrogens with one attached hydrogen (secondary N) is 1. The normalized spacial score (nSPS) is 14.7. The van der Waals surface area contributed by atoms with Gasteiger partial charge in [-0.05, 0) is 25.0 Å². The highest BCUT2D eigenvalue weighted by Gasteiger charge is 2.19. The molecule has 0 fully saturated rings. The van der Waals surface area contributed by atoms with E-state index in [9.17, 15) is 4.79 Å². The molecule has 2 rings (SSSR count). The van der Waals surface area contributed by atoms with Crippen molar-refractivity contribution in [2.24, 2.45) is 4.99 Å². The second-order valence-corrected chi connectivity index (χ2v) is 5.38. The van der Waals surface area contributed by atoms with Crippen LogP contribution in [0.1, 0.15) is 25.3 Å². The number of hydrogen-bond acceptors (Lipinski definition) is 4. The van der Waals surface area contributed by atoms with E-state index in [1.54, 1.807) is 5.01 Å². The highest BCUT2D eigenvalue weighted by Crippen LogP contribution is 2.15. The van der Waals surface area contributed by atoms with Crippen LogP contribution in [0, 0.1) is 0 Å². The van der Waals surface area contributed by atoms with E-state index in [0.29, 0.717) is 6.61 Å². The Kier molecular flexibility index (Phi) is 5.40. The number of aliphatic imine (C=N–C) groups is 1. The lowest BCUT2D eigenvalue weighted by Crippen LogP contribution is -2.49. The zero-order chi connectivity index (χ0) is 14.4. The number of hydrazine groups is 1. The SMILES string of the molecule is CCCOC(=O)NN1CCCN=C1c1cccc(Br)c1. The van der Waals surface area contributed by atoms with Gasteiger partial charge < -0.3 is 4.74 Å². The van der Waals surface area contributed by atoms with Gasteiger partial charge in [-0.3, -0.25) is 10.0 Å². The van der Waals surface area contributed by atoms with E-state index in [1.807, 2.05) is 31.2 Å². The molecule has 1 aliphatic heterocycles. The van der Waals surface area contributed by atoms with Gasteiger partial charge in [0, 0.05) is 23.1 Å². The maximum atomic E-state index is 11.7. The van der Waals surface area contributed by atoms with Gasteiger partial charge in [-0.25, -0.2) is 10.2 Å². The van der Waals surface area contributed by atoms with E-state index >= 15 is 0 Å². The molecule has 1 heterocycles. The second kappa shape index (κ2) is 7.28. The Bertz CT molecular complexity index is 505. The zero-order valence-corrected chi connectivity index (χ0v) is 13.0. The number of carbonyl (C=O) groups is 1. The number of hydrogen-bond donors (Lipinski definition) is 1. The molecule has 0 spiro atoms. The number of carbonyl (C=O) groups excluding carboxylic acids is 1. The Morgan fingerprint density at radius 1 is 1.55 bits per heavy atom. The molecule has 1 aromatic rings. The molecule has 0 atom stereocenters. The molecule has 1 amide bonds. The molecule has 0 saturated carbocycles. The van der Waals surface area contributed by atoms with Crippen LogP contribution in [-0.4, -0.2) is 36.6 Å². The standard InChI is InChI=1S/C14H18BrN3O2/c1-2-9-20-14(19)17-18-8-4-7-16-13(18)11-5-3-6-12(15)10-11/h3,5-6,10H,2,4,7-9H2,1H3,(H,17,19). The highest BCUT2D eigenvalue weighted by molar-refractivity contribution is 9.10. The van der Waals surface area contributed by atoms with Crippen LogP contribution in [0.25, 0.3) is 0 Å². The minimum absolute atomic E-state index is 0.420. The Labute approximate surface area is 127 Å². The van der Waals surface area contributed by atoms with Crippen LogP contribution in [-0.2, 0) is 4.74 Å². The maximum absolute atomic E-state index is 11.7. The van der Waals surface area contributed by atoms with E-state index in [0.717, 1.165) is 41.8 Å². The first-order valence-electron chi connectivity index (χ1n) is 6.72. The van der Waals surface area contributed by atoms with Gasteiger partial charge >= 0.3 is 6.09 Å². The van der Waals surface area contributed by atoms with Gasteiger partial charge in [0.1, 0.15) is 5.84 Å². The summed E-state index contributed by atoms with van der Waals surface area (Å²) in [6, 6.07) is 7.86. The van der Waals surface area contributed by atoms with Crippen molar-refractivity contribution < 1.29 is 9.53 Å². The Morgan fingerprint density at radius 2 is 2.40 bits per heavy atom. The molecule has 0 saturated heterocycles. The summed E-state index contributed by atoms with van der Waals surface area (Å²) < 4.78 is 6.03. The summed E-state index contributed by atoms with van der Waals surface area (Å²) in [6.07, 6.45) is 1.28. The average molecular weight is 340 g/mol. The summed E-state index contributed by atoms with van der Waals surface area (Å²) in [4.78, 5) is 16.2. The summed E-state index contributed by atoms with van der Waals surface area (Å²) in [5.74, 6) is 0.769. The number of halogens is 1. The first-order chi connectivity index (χ1) is 9.70. The topological polar surface area (TPSA) is 53.9 Å². The number of amides is 1. The lowest BCUT2D eigenvalue weighted by molar-refractivity contribution is 0.124. The molecule has 0 aromatic heterocycles. The lowest BCUT2D eigenvalue weighted by Gasteiger charge is -2.29. The van der Waals surface area contributed by atoms with Gasteiger partial charge in [-0.2, -0.15) is 0 Å². The fraction of sp³-hybridized carbons (Fsp3) is 0.429. The minimum atomic E-state index is -0.434. The van der Waals surface area contributed by atoms with E-state index in [4.69, 9.17) is 4.74 Å². The van der Waals surface area contributed by atoms with Crippen molar-refractivity contribution in [1.82, 2.24) is 10.4 Å². The second-order valence-electron chi connectivity index (χ2n) is 4.47. The molecule has 1 N–H and O–H groups in total. The molecule has 108 valence electrons. The molecule has 0 aliphatic carbocycles. The Morgan fingerprint density at radius 3 is 3.15 bits per heavy atom. The van der Waals surface area contributed by atoms with Gasteiger partial charge in [0.15, 0.2) is 0 Å². The maximum Gasteiger partial charge on any atom is 0.426 e. The predicted octanol–water partition coefficient (Wildman–Crippen LogP) is 2.95. The molecule has 6 heteroatoms. The van der Waals surface area contributed by atoms with E-state index in [1.165, 1.54) is 0 Å². The number of benzene rings is 1. The van der Waals surface area contributed by atoms with Crippen LogP contribution in [0.15, 0.2) is 33.7 Å². The number of amidine groups is 1. The molecule has 0 unspecified atom stereocenters. The summed E-state index contributed by atoms with van der Waals surface area (Å²) in [5, 5.41) is 1.75. The lowest BCUT2D eigenvalue weighted by atomic mass is 10.2. The molecular formula is C14H18BrN3O2. The van der Waals surface area contributed by atoms with Gasteiger partial charge in [-0.1, -0.05) is 35.0 Å². The van der Waals surface area contributed by atoms with Crippen LogP contribution >= 0.6 is 15.9 Å². The highest BCUT2D eigenvalue weighted by atomic mass is 79.9. The van der Waals surface area contributed by atoms with Crippen molar-refractivity contribution in [3.8, 4) is 0 Å². The van der Waals surface area contributed by atoms with Crippen molar-refractivity contribution in [3.63, 3.8) is 0 Å². The van der Waals surface area contributed by atoms with Crippen LogP contribution in [0.5, 0.6) is 0 Å². The summed E-state index contributed by atoms with van der Waals surface area (Å²) in [7, 11) is 0. The first-order valence-corrected chi connectivity index (χ1v) is 7.51. The molecular weight excluding hydrogens is 322 g/mol. The number of nitrogens with zero attached hydrogens (tertiary/aromatic N) is 2. The van der Waals surface area contributed by atoms with Crippen molar-refractivity contribution in [3.05, 3.63) is 34.3 Å². The van der Waals surface area contributed by atoms with Crippen LogP contribution in [0.3, 0.4) is 0 Å². The summed E-state index contributed by atoms with van der Waals surface area (Å²) in [5.41, 5.74) is 3.72. The molecule has 0 radical (unpaired) electrons. The smallest absolute Gasteiger partial charge is 0.426 e. The monoisotopic (exact) mass is 339 g/mol. The van der Waals surface area contributed by atoms with E-state index in [-0.39, 0.29) is 0 Å². The van der Waals surface area contributed by atoms with E-state index in [2.05, 4.69) is 26.3 Å². The summed E-state index contributed by atoms with van der Waals surface area (Å²) in [6.45, 7) is 3.88. The quantitative estimate of drug-likeness (QED) is 0.917. The first kappa shape index (κ1) is 14.8. The van der Waals surface area contributed by atoms with Gasteiger partial charge in [0.2, 0.25) is 0 Å². The third-order valence-electron chi connectivity index (χ3n) is 2.80. The fourth-order valence-electron chi connectivity index (χ4n) is 1.93. The van der Waals surface area contributed by atoms with Gasteiger partial charge in [-0.15, -0.1) is 0 Å². The third-order valence-corrected chi connectivity index (χ3v) is 3.30. The number of ether oxygens (including phenoxy) is 1. The van der Waals surface area contributed by atoms with Crippen molar-refractivity contribution in [1.29, 1.82) is 0 Å². The summed E-state index contributed by atoms with van der Waals surface area (Å²) >= 11 is 3.45. The van der Waals surface area contributed by atoms with E-state index < -0.39 is 6.09 Å². The molecule has 20 heavy (non-hydrogen) atoms. The molecule has 5 nitrogen and oxygen atoms in total. The molecule has 0 bridgehead atoms. The molecule has 1 aromatic carbocycles. The minimum Gasteiger partial charge on any atom is -0.448 e. The van der Waals surface area contributed by atoms with Gasteiger partial charge in [0.25, 0.3) is 0 Å². The van der Waals surface area contributed by atoms with Crippen molar-refractivity contribution >= 4 is 27.9 Å². The number of rotatable bonds is 4. The molecule has 1 aliphatic rings. The largest absolute Gasteiger partial charge is 0.448 e. The fourth-order valence-corrected chi connectivity index (χ4v) is 2.33. The van der Waals surface area contributed by atoms with Crippen molar-refractivity contribution in [2.75, 3.05) is 19.7 Å².